The summed E-state index contributed by atoms with van der Waals surface area (Å²) in [6, 6.07) is 6.64. The van der Waals surface area contributed by atoms with E-state index in [9.17, 15) is 4.79 Å². The highest BCUT2D eigenvalue weighted by molar-refractivity contribution is 5.93. The molecule has 3 N–H and O–H groups in total. The maximum atomic E-state index is 12.1. The average molecular weight is 275 g/mol. The van der Waals surface area contributed by atoms with Gasteiger partial charge in [-0.2, -0.15) is 0 Å². The first kappa shape index (κ1) is 14.0. The van der Waals surface area contributed by atoms with Crippen LogP contribution in [0.25, 0.3) is 0 Å². The molecule has 0 fully saturated rings. The fraction of sp³-hybridized carbons (Fsp3) is 0.308. The molecule has 1 atom stereocenters. The maximum Gasteiger partial charge on any atom is 0.249 e. The molecule has 0 aliphatic rings. The number of nitrogens with two attached hydrogens (primary N) is 1. The molecule has 0 bridgehead atoms. The van der Waals surface area contributed by atoms with E-state index in [1.165, 1.54) is 4.68 Å². The van der Waals surface area contributed by atoms with Gasteiger partial charge in [-0.3, -0.25) is 4.79 Å². The van der Waals surface area contributed by atoms with Crippen LogP contribution in [-0.4, -0.2) is 28.0 Å². The molecule has 20 heavy (non-hydrogen) atoms. The molecule has 0 aliphatic carbocycles. The van der Waals surface area contributed by atoms with Gasteiger partial charge in [0.2, 0.25) is 5.91 Å². The van der Waals surface area contributed by atoms with Gasteiger partial charge in [0.05, 0.1) is 19.0 Å². The number of aromatic nitrogens is 3. The Kier molecular flexibility index (Phi) is 4.31. The number of amides is 1. The summed E-state index contributed by atoms with van der Waals surface area (Å²) in [5.74, 6) is 0.559. The summed E-state index contributed by atoms with van der Waals surface area (Å²) in [4.78, 5) is 12.1. The van der Waals surface area contributed by atoms with Crippen molar-refractivity contribution in [3.8, 4) is 5.75 Å². The quantitative estimate of drug-likeness (QED) is 0.847. The fourth-order valence-corrected chi connectivity index (χ4v) is 1.64. The zero-order valence-corrected chi connectivity index (χ0v) is 11.4. The van der Waals surface area contributed by atoms with Crippen LogP contribution in [0.15, 0.2) is 30.5 Å². The van der Waals surface area contributed by atoms with Gasteiger partial charge in [-0.05, 0) is 31.2 Å². The number of carbonyl (C=O) groups excluding carboxylic acids is 1. The molecule has 0 spiro atoms. The molecule has 0 saturated heterocycles. The third-order valence-electron chi connectivity index (χ3n) is 2.90. The monoisotopic (exact) mass is 275 g/mol. The van der Waals surface area contributed by atoms with Gasteiger partial charge < -0.3 is 15.8 Å². The molecule has 7 nitrogen and oxygen atoms in total. The fourth-order valence-electron chi connectivity index (χ4n) is 1.64. The molecule has 7 heteroatoms. The normalized spacial score (nSPS) is 11.9. The van der Waals surface area contributed by atoms with Crippen LogP contribution < -0.4 is 15.8 Å². The van der Waals surface area contributed by atoms with Crippen LogP contribution in [-0.2, 0) is 11.3 Å². The highest BCUT2D eigenvalue weighted by atomic mass is 16.5. The molecule has 0 radical (unpaired) electrons. The number of nitrogens with one attached hydrogen (secondary N) is 1. The smallest absolute Gasteiger partial charge is 0.249 e. The van der Waals surface area contributed by atoms with E-state index < -0.39 is 6.04 Å². The third-order valence-corrected chi connectivity index (χ3v) is 2.90. The van der Waals surface area contributed by atoms with Gasteiger partial charge in [0.1, 0.15) is 11.8 Å². The van der Waals surface area contributed by atoms with E-state index in [4.69, 9.17) is 10.5 Å². The molecule has 0 aliphatic heterocycles. The molecule has 1 aromatic carbocycles. The van der Waals surface area contributed by atoms with E-state index in [2.05, 4.69) is 15.6 Å². The number of hydrogen-bond donors (Lipinski definition) is 2. The SMILES string of the molecule is COc1ccc(NC(=O)C(C)n2cc(CN)nn2)cc1. The lowest BCUT2D eigenvalue weighted by molar-refractivity contribution is -0.119. The van der Waals surface area contributed by atoms with Gasteiger partial charge >= 0.3 is 0 Å². The molecule has 1 unspecified atom stereocenters. The molecule has 2 aromatic rings. The lowest BCUT2D eigenvalue weighted by Crippen LogP contribution is -2.24. The van der Waals surface area contributed by atoms with Gasteiger partial charge in [-0.15, -0.1) is 5.10 Å². The Bertz CT molecular complexity index is 579. The number of ether oxygens (including phenoxy) is 1. The van der Waals surface area contributed by atoms with E-state index >= 15 is 0 Å². The van der Waals surface area contributed by atoms with Crippen LogP contribution in [0.5, 0.6) is 5.75 Å². The first-order valence-corrected chi connectivity index (χ1v) is 6.19. The van der Waals surface area contributed by atoms with Crippen molar-refractivity contribution in [1.82, 2.24) is 15.0 Å². The van der Waals surface area contributed by atoms with E-state index in [-0.39, 0.29) is 5.91 Å². The molecular formula is C13H17N5O2. The minimum absolute atomic E-state index is 0.177. The van der Waals surface area contributed by atoms with Crippen molar-refractivity contribution in [2.45, 2.75) is 19.5 Å². The van der Waals surface area contributed by atoms with Crippen molar-refractivity contribution in [1.29, 1.82) is 0 Å². The minimum atomic E-state index is -0.468. The highest BCUT2D eigenvalue weighted by Crippen LogP contribution is 2.16. The number of anilines is 1. The van der Waals surface area contributed by atoms with Crippen LogP contribution in [0, 0.1) is 0 Å². The Hall–Kier alpha value is -2.41. The molecular weight excluding hydrogens is 258 g/mol. The Morgan fingerprint density at radius 2 is 2.15 bits per heavy atom. The molecule has 106 valence electrons. The Morgan fingerprint density at radius 1 is 1.45 bits per heavy atom. The molecule has 2 rings (SSSR count). The van der Waals surface area contributed by atoms with Gasteiger partial charge in [-0.1, -0.05) is 5.21 Å². The Balaban J connectivity index is 2.02. The third kappa shape index (κ3) is 3.12. The summed E-state index contributed by atoms with van der Waals surface area (Å²) in [6.07, 6.45) is 1.66. The van der Waals surface area contributed by atoms with Crippen molar-refractivity contribution in [3.63, 3.8) is 0 Å². The van der Waals surface area contributed by atoms with Crippen LogP contribution in [0.4, 0.5) is 5.69 Å². The maximum absolute atomic E-state index is 12.1. The zero-order chi connectivity index (χ0) is 14.5. The number of hydrogen-bond acceptors (Lipinski definition) is 5. The van der Waals surface area contributed by atoms with E-state index in [0.717, 1.165) is 5.75 Å². The zero-order valence-electron chi connectivity index (χ0n) is 11.4. The lowest BCUT2D eigenvalue weighted by atomic mass is 10.2. The van der Waals surface area contributed by atoms with Crippen molar-refractivity contribution in [2.24, 2.45) is 5.73 Å². The first-order valence-electron chi connectivity index (χ1n) is 6.19. The van der Waals surface area contributed by atoms with E-state index in [1.807, 2.05) is 0 Å². The van der Waals surface area contributed by atoms with Crippen molar-refractivity contribution in [3.05, 3.63) is 36.2 Å². The van der Waals surface area contributed by atoms with Crippen LogP contribution in [0.3, 0.4) is 0 Å². The molecule has 1 amide bonds. The summed E-state index contributed by atoms with van der Waals surface area (Å²) in [7, 11) is 1.59. The minimum Gasteiger partial charge on any atom is -0.497 e. The Morgan fingerprint density at radius 3 is 2.70 bits per heavy atom. The van der Waals surface area contributed by atoms with Crippen LogP contribution >= 0.6 is 0 Å². The number of methoxy groups -OCH3 is 1. The van der Waals surface area contributed by atoms with Gasteiger partial charge in [0, 0.05) is 12.2 Å². The van der Waals surface area contributed by atoms with Crippen LogP contribution in [0.1, 0.15) is 18.7 Å². The summed E-state index contributed by atoms with van der Waals surface area (Å²) in [6.45, 7) is 2.04. The average Bonchev–Trinajstić information content (AvgIpc) is 2.96. The largest absolute Gasteiger partial charge is 0.497 e. The van der Waals surface area contributed by atoms with Crippen molar-refractivity contribution < 1.29 is 9.53 Å². The second-order valence-corrected chi connectivity index (χ2v) is 4.29. The number of nitrogens with zero attached hydrogens (tertiary/aromatic N) is 3. The van der Waals surface area contributed by atoms with E-state index in [0.29, 0.717) is 17.9 Å². The number of benzene rings is 1. The highest BCUT2D eigenvalue weighted by Gasteiger charge is 2.16. The summed E-state index contributed by atoms with van der Waals surface area (Å²) in [5.41, 5.74) is 6.81. The van der Waals surface area contributed by atoms with Gasteiger partial charge in [-0.25, -0.2) is 4.68 Å². The second kappa shape index (κ2) is 6.16. The first-order chi connectivity index (χ1) is 9.63. The summed E-state index contributed by atoms with van der Waals surface area (Å²) >= 11 is 0. The predicted molar refractivity (Wildman–Crippen MR) is 74.2 cm³/mol. The van der Waals surface area contributed by atoms with Gasteiger partial charge in [0.15, 0.2) is 0 Å². The van der Waals surface area contributed by atoms with Crippen molar-refractivity contribution in [2.75, 3.05) is 12.4 Å². The summed E-state index contributed by atoms with van der Waals surface area (Å²) < 4.78 is 6.55. The lowest BCUT2D eigenvalue weighted by Gasteiger charge is -2.12. The second-order valence-electron chi connectivity index (χ2n) is 4.29. The predicted octanol–water partition coefficient (Wildman–Crippen LogP) is 0.945. The number of rotatable bonds is 5. The number of carbonyl (C=O) groups is 1. The summed E-state index contributed by atoms with van der Waals surface area (Å²) in [5, 5.41) is 10.5. The standard InChI is InChI=1S/C13H17N5O2/c1-9(18-8-11(7-14)16-17-18)13(19)15-10-3-5-12(20-2)6-4-10/h3-6,8-9H,7,14H2,1-2H3,(H,15,19). The van der Waals surface area contributed by atoms with Crippen LogP contribution in [0.2, 0.25) is 0 Å². The van der Waals surface area contributed by atoms with E-state index in [1.54, 1.807) is 44.5 Å². The molecule has 1 aromatic heterocycles. The molecule has 0 saturated carbocycles. The Labute approximate surface area is 116 Å². The van der Waals surface area contributed by atoms with Crippen molar-refractivity contribution >= 4 is 11.6 Å². The molecule has 1 heterocycles. The topological polar surface area (TPSA) is 95.1 Å². The van der Waals surface area contributed by atoms with Gasteiger partial charge in [0.25, 0.3) is 0 Å².